The number of phenols is 1. The normalized spacial score (nSPS) is 27.7. The van der Waals surface area contributed by atoms with Crippen LogP contribution in [-0.2, 0) is 12.4 Å². The van der Waals surface area contributed by atoms with Crippen LogP contribution >= 0.6 is 11.6 Å². The van der Waals surface area contributed by atoms with Crippen LogP contribution in [0.1, 0.15) is 46.1 Å². The summed E-state index contributed by atoms with van der Waals surface area (Å²) in [7, 11) is 0. The standard InChI is InChI=1S/C29H28ClF7N6O3/c30-19-6-17(44)7-20(22(19)29(35,36)37)43-21(28(32,33)34)8-18-23(25(43)45)39-26(40-24(18)41-11-15-2-3-16(12-41)38-15)46-13-27-4-1-5-42(27)10-14(31)9-27/h6-8,14-16,38,44H,1-5,9-13H2/t14-,15-,16+,27+/m1/s1/i13D2. The molecule has 0 aliphatic carbocycles. The van der Waals surface area contributed by atoms with E-state index in [-0.39, 0.29) is 54.9 Å². The summed E-state index contributed by atoms with van der Waals surface area (Å²) >= 11 is 5.77. The molecule has 9 nitrogen and oxygen atoms in total. The highest BCUT2D eigenvalue weighted by Gasteiger charge is 2.49. The zero-order valence-corrected chi connectivity index (χ0v) is 24.6. The van der Waals surface area contributed by atoms with E-state index in [1.807, 2.05) is 0 Å². The first-order valence-electron chi connectivity index (χ1n) is 15.6. The van der Waals surface area contributed by atoms with Gasteiger partial charge in [0.15, 0.2) is 0 Å². The Balaban J connectivity index is 1.48. The Morgan fingerprint density at radius 3 is 2.48 bits per heavy atom. The lowest BCUT2D eigenvalue weighted by atomic mass is 9.95. The number of hydrogen-bond acceptors (Lipinski definition) is 8. The van der Waals surface area contributed by atoms with E-state index in [2.05, 4.69) is 15.3 Å². The molecular weight excluding hydrogens is 649 g/mol. The van der Waals surface area contributed by atoms with Crippen LogP contribution in [0.3, 0.4) is 0 Å². The second-order valence-corrected chi connectivity index (χ2v) is 12.6. The number of anilines is 1. The second kappa shape index (κ2) is 10.8. The van der Waals surface area contributed by atoms with Gasteiger partial charge in [-0.1, -0.05) is 11.6 Å². The van der Waals surface area contributed by atoms with Gasteiger partial charge in [-0.3, -0.25) is 14.3 Å². The predicted octanol–water partition coefficient (Wildman–Crippen LogP) is 5.07. The number of aromatic hydroxyl groups is 1. The van der Waals surface area contributed by atoms with Crippen LogP contribution in [0.5, 0.6) is 11.8 Å². The third kappa shape index (κ3) is 5.31. The third-order valence-electron chi connectivity index (χ3n) is 9.15. The maximum Gasteiger partial charge on any atom is 0.431 e. The zero-order valence-electron chi connectivity index (χ0n) is 25.9. The zero-order chi connectivity index (χ0) is 34.6. The number of benzene rings is 1. The fraction of sp³-hybridized carbons (Fsp3) is 0.552. The number of rotatable bonds is 5. The lowest BCUT2D eigenvalue weighted by molar-refractivity contribution is -0.144. The fourth-order valence-electron chi connectivity index (χ4n) is 7.29. The summed E-state index contributed by atoms with van der Waals surface area (Å²) in [6.07, 6.45) is -10.1. The molecule has 0 unspecified atom stereocenters. The van der Waals surface area contributed by atoms with Crippen LogP contribution in [0.2, 0.25) is 5.02 Å². The molecule has 4 atom stereocenters. The number of piperazine rings is 1. The van der Waals surface area contributed by atoms with Gasteiger partial charge in [-0.15, -0.1) is 0 Å². The van der Waals surface area contributed by atoms with E-state index in [0.717, 1.165) is 12.8 Å². The van der Waals surface area contributed by atoms with E-state index < -0.39 is 80.8 Å². The van der Waals surface area contributed by atoms with Crippen LogP contribution in [0.15, 0.2) is 23.0 Å². The van der Waals surface area contributed by atoms with Crippen LogP contribution in [-0.4, -0.2) is 81.1 Å². The molecule has 0 radical (unpaired) electrons. The van der Waals surface area contributed by atoms with Crippen molar-refractivity contribution in [1.82, 2.24) is 24.8 Å². The van der Waals surface area contributed by atoms with E-state index in [0.29, 0.717) is 31.2 Å². The quantitative estimate of drug-likeness (QED) is 0.362. The van der Waals surface area contributed by atoms with Gasteiger partial charge in [0.2, 0.25) is 0 Å². The van der Waals surface area contributed by atoms with Crippen molar-refractivity contribution in [3.8, 4) is 17.4 Å². The van der Waals surface area contributed by atoms with Crippen LogP contribution in [0, 0.1) is 0 Å². The molecule has 4 aliphatic rings. The Bertz CT molecular complexity index is 1850. The van der Waals surface area contributed by atoms with Crippen LogP contribution < -0.4 is 20.5 Å². The molecule has 7 rings (SSSR count). The number of fused-ring (bicyclic) bond motifs is 4. The minimum absolute atomic E-state index is 0.0325. The summed E-state index contributed by atoms with van der Waals surface area (Å²) in [6.45, 7) is -1.81. The Morgan fingerprint density at radius 1 is 1.09 bits per heavy atom. The van der Waals surface area contributed by atoms with Crippen molar-refractivity contribution >= 4 is 28.3 Å². The van der Waals surface area contributed by atoms with Gasteiger partial charge in [0.05, 0.1) is 29.9 Å². The first kappa shape index (κ1) is 28.8. The van der Waals surface area contributed by atoms with Gasteiger partial charge in [-0.05, 0) is 44.4 Å². The molecule has 46 heavy (non-hydrogen) atoms. The van der Waals surface area contributed by atoms with E-state index >= 15 is 0 Å². The van der Waals surface area contributed by atoms with Crippen molar-refractivity contribution in [2.75, 3.05) is 37.6 Å². The van der Waals surface area contributed by atoms with Crippen LogP contribution in [0.25, 0.3) is 16.6 Å². The summed E-state index contributed by atoms with van der Waals surface area (Å²) in [4.78, 5) is 25.7. The predicted molar refractivity (Wildman–Crippen MR) is 153 cm³/mol. The molecule has 4 aliphatic heterocycles. The molecule has 2 bridgehead atoms. The van der Waals surface area contributed by atoms with E-state index in [1.165, 1.54) is 0 Å². The first-order valence-corrected chi connectivity index (χ1v) is 15.0. The Labute approximate surface area is 264 Å². The van der Waals surface area contributed by atoms with Gasteiger partial charge < -0.3 is 20.1 Å². The average Bonchev–Trinajstić information content (AvgIpc) is 3.62. The molecule has 17 heteroatoms. The first-order chi connectivity index (χ1) is 22.4. The fourth-order valence-corrected chi connectivity index (χ4v) is 7.61. The van der Waals surface area contributed by atoms with Crippen molar-refractivity contribution in [2.45, 2.75) is 68.3 Å². The van der Waals surface area contributed by atoms with Gasteiger partial charge >= 0.3 is 18.4 Å². The van der Waals surface area contributed by atoms with Crippen molar-refractivity contribution in [3.63, 3.8) is 0 Å². The van der Waals surface area contributed by atoms with Crippen molar-refractivity contribution in [1.29, 1.82) is 0 Å². The minimum atomic E-state index is -5.41. The Morgan fingerprint density at radius 2 is 1.80 bits per heavy atom. The monoisotopic (exact) mass is 678 g/mol. The maximum atomic E-state index is 14.7. The number of pyridine rings is 1. The maximum absolute atomic E-state index is 14.7. The second-order valence-electron chi connectivity index (χ2n) is 12.2. The molecule has 4 fully saturated rings. The molecule has 6 heterocycles. The highest BCUT2D eigenvalue weighted by atomic mass is 35.5. The number of halogens is 8. The van der Waals surface area contributed by atoms with Crippen molar-refractivity contribution < 1.29 is 43.3 Å². The van der Waals surface area contributed by atoms with Crippen molar-refractivity contribution in [3.05, 3.63) is 44.8 Å². The number of phenolic OH excluding ortho intramolecular Hbond substituents is 1. The molecule has 0 spiro atoms. The summed E-state index contributed by atoms with van der Waals surface area (Å²) in [5, 5.41) is 11.9. The Kier molecular flexibility index (Phi) is 6.79. The lowest BCUT2D eigenvalue weighted by Crippen LogP contribution is -2.51. The highest BCUT2D eigenvalue weighted by molar-refractivity contribution is 6.31. The largest absolute Gasteiger partial charge is 0.508 e. The summed E-state index contributed by atoms with van der Waals surface area (Å²) in [6, 6.07) is 0.352. The van der Waals surface area contributed by atoms with Gasteiger partial charge in [0.1, 0.15) is 35.5 Å². The molecule has 2 aromatic heterocycles. The Hall–Kier alpha value is -3.37. The highest BCUT2D eigenvalue weighted by Crippen LogP contribution is 2.44. The van der Waals surface area contributed by atoms with Crippen molar-refractivity contribution in [2.24, 2.45) is 0 Å². The van der Waals surface area contributed by atoms with Gasteiger partial charge in [-0.25, -0.2) is 4.39 Å². The molecule has 0 saturated carbocycles. The molecule has 0 amide bonds. The number of aromatic nitrogens is 3. The lowest BCUT2D eigenvalue weighted by Gasteiger charge is -2.35. The van der Waals surface area contributed by atoms with Gasteiger partial charge in [-0.2, -0.15) is 36.3 Å². The van der Waals surface area contributed by atoms with E-state index in [4.69, 9.17) is 19.1 Å². The summed E-state index contributed by atoms with van der Waals surface area (Å²) in [5.74, 6) is -1.15. The summed E-state index contributed by atoms with van der Waals surface area (Å²) < 4.78 is 125. The summed E-state index contributed by atoms with van der Waals surface area (Å²) in [5.41, 5.74) is -8.92. The third-order valence-corrected chi connectivity index (χ3v) is 9.45. The number of alkyl halides is 7. The van der Waals surface area contributed by atoms with E-state index in [9.17, 15) is 40.6 Å². The van der Waals surface area contributed by atoms with E-state index in [1.54, 1.807) is 9.80 Å². The van der Waals surface area contributed by atoms with Gasteiger partial charge in [0.25, 0.3) is 5.56 Å². The molecule has 248 valence electrons. The number of ether oxygens (including phenoxy) is 1. The number of hydrogen-bond donors (Lipinski definition) is 2. The topological polar surface area (TPSA) is 95.8 Å². The van der Waals surface area contributed by atoms with Gasteiger partial charge in [0, 0.05) is 44.2 Å². The number of nitrogens with one attached hydrogen (secondary N) is 1. The number of nitrogens with zero attached hydrogens (tertiary/aromatic N) is 5. The average molecular weight is 679 g/mol. The molecule has 4 saturated heterocycles. The molecular formula is C29H28ClF7N6O3. The SMILES string of the molecule is [2H]C([2H])(Oc1nc(N2C[C@H]3CC[C@@H](C2)N3)c2cc(C(F)(F)F)n(-c3cc(O)cc(Cl)c3C(F)(F)F)c(=O)c2n1)[C@@]12CCCN1C[C@H](F)C2. The molecule has 3 aromatic rings. The molecule has 1 aromatic carbocycles. The smallest absolute Gasteiger partial charge is 0.431 e. The molecule has 2 N–H and O–H groups in total. The van der Waals surface area contributed by atoms with Crippen LogP contribution in [0.4, 0.5) is 36.6 Å². The minimum Gasteiger partial charge on any atom is -0.508 e.